The number of amides is 3. The second-order valence-electron chi connectivity index (χ2n) is 10.9. The van der Waals surface area contributed by atoms with Gasteiger partial charge in [0.05, 0.1) is 11.0 Å². The van der Waals surface area contributed by atoms with E-state index in [1.807, 2.05) is 63.1 Å². The minimum absolute atomic E-state index is 0.0263. The Kier molecular flexibility index (Phi) is 12.5. The average molecular weight is 572 g/mol. The summed E-state index contributed by atoms with van der Waals surface area (Å²) in [6.07, 6.45) is 5.49. The fraction of sp³-hybridized carbons (Fsp3) is 0.600. The Hall–Kier alpha value is -2.82. The van der Waals surface area contributed by atoms with Crippen molar-refractivity contribution in [1.82, 2.24) is 25.4 Å². The topological polar surface area (TPSA) is 115 Å². The lowest BCUT2D eigenvalue weighted by Crippen LogP contribution is -2.57. The van der Waals surface area contributed by atoms with Crippen LogP contribution in [0.5, 0.6) is 0 Å². The molecule has 1 unspecified atom stereocenters. The van der Waals surface area contributed by atoms with Gasteiger partial charge in [-0.3, -0.25) is 19.3 Å². The second kappa shape index (κ2) is 15.8. The van der Waals surface area contributed by atoms with Crippen molar-refractivity contribution >= 4 is 29.1 Å². The number of likely N-dealkylation sites (N-methyl/N-ethyl adjacent to an activating group) is 1. The molecule has 1 aliphatic rings. The number of benzene rings is 1. The van der Waals surface area contributed by atoms with Crippen LogP contribution < -0.4 is 10.6 Å². The molecule has 0 spiro atoms. The van der Waals surface area contributed by atoms with Crippen molar-refractivity contribution in [3.63, 3.8) is 0 Å². The summed E-state index contributed by atoms with van der Waals surface area (Å²) in [6.45, 7) is 6.70. The number of rotatable bonds is 14. The van der Waals surface area contributed by atoms with Gasteiger partial charge < -0.3 is 20.6 Å². The van der Waals surface area contributed by atoms with Crippen LogP contribution in [0.15, 0.2) is 35.7 Å². The summed E-state index contributed by atoms with van der Waals surface area (Å²) >= 11 is 1.42. The lowest BCUT2D eigenvalue weighted by atomic mass is 9.96. The molecule has 0 aliphatic carbocycles. The molecule has 1 aromatic heterocycles. The van der Waals surface area contributed by atoms with E-state index in [0.29, 0.717) is 25.1 Å². The first-order chi connectivity index (χ1) is 19.2. The number of aliphatic hydroxyl groups is 1. The number of carbonyl (C=O) groups is 3. The Morgan fingerprint density at radius 1 is 1.18 bits per heavy atom. The van der Waals surface area contributed by atoms with Gasteiger partial charge in [0.25, 0.3) is 5.91 Å². The Labute approximate surface area is 242 Å². The molecule has 1 fully saturated rings. The molecule has 4 atom stereocenters. The van der Waals surface area contributed by atoms with Crippen LogP contribution in [0.25, 0.3) is 0 Å². The minimum Gasteiger partial charge on any atom is -0.376 e. The molecule has 2 heterocycles. The van der Waals surface area contributed by atoms with Crippen LogP contribution in [-0.4, -0.2) is 82.6 Å². The zero-order valence-corrected chi connectivity index (χ0v) is 25.1. The number of hydrogen-bond acceptors (Lipinski definition) is 7. The van der Waals surface area contributed by atoms with Gasteiger partial charge >= 0.3 is 0 Å². The van der Waals surface area contributed by atoms with Crippen LogP contribution in [0, 0.1) is 5.92 Å². The maximum absolute atomic E-state index is 13.4. The van der Waals surface area contributed by atoms with Gasteiger partial charge in [-0.15, -0.1) is 11.3 Å². The molecule has 10 heteroatoms. The van der Waals surface area contributed by atoms with Crippen molar-refractivity contribution in [3.05, 3.63) is 52.0 Å². The molecule has 40 heavy (non-hydrogen) atoms. The Balaban J connectivity index is 1.51. The molecule has 3 amide bonds. The molecule has 3 N–H and O–H groups in total. The third-order valence-electron chi connectivity index (χ3n) is 7.70. The van der Waals surface area contributed by atoms with Crippen molar-refractivity contribution in [2.45, 2.75) is 83.8 Å². The summed E-state index contributed by atoms with van der Waals surface area (Å²) in [7, 11) is 1.95. The molecule has 0 saturated carbocycles. The highest BCUT2D eigenvalue weighted by Gasteiger charge is 2.33. The number of carbonyl (C=O) groups excluding carboxylic acids is 3. The van der Waals surface area contributed by atoms with Crippen molar-refractivity contribution in [3.8, 4) is 0 Å². The molecule has 0 bridgehead atoms. The van der Waals surface area contributed by atoms with Crippen LogP contribution in [0.2, 0.25) is 0 Å². The summed E-state index contributed by atoms with van der Waals surface area (Å²) in [4.78, 5) is 47.1. The lowest BCUT2D eigenvalue weighted by Gasteiger charge is -2.34. The van der Waals surface area contributed by atoms with Crippen LogP contribution in [0.3, 0.4) is 0 Å². The number of hydrogen-bond donors (Lipinski definition) is 3. The van der Waals surface area contributed by atoms with Crippen molar-refractivity contribution < 1.29 is 19.5 Å². The van der Waals surface area contributed by atoms with Gasteiger partial charge in [-0.2, -0.15) is 0 Å². The van der Waals surface area contributed by atoms with Gasteiger partial charge in [-0.05, 0) is 57.7 Å². The van der Waals surface area contributed by atoms with E-state index in [9.17, 15) is 19.5 Å². The zero-order valence-electron chi connectivity index (χ0n) is 24.3. The summed E-state index contributed by atoms with van der Waals surface area (Å²) in [5, 5.41) is 18.6. The first-order valence-corrected chi connectivity index (χ1v) is 15.3. The van der Waals surface area contributed by atoms with E-state index < -0.39 is 12.8 Å². The summed E-state index contributed by atoms with van der Waals surface area (Å²) in [5.41, 5.74) is 1.55. The number of piperidine rings is 1. The van der Waals surface area contributed by atoms with Crippen LogP contribution in [0.1, 0.15) is 73.9 Å². The molecule has 9 nitrogen and oxygen atoms in total. The third kappa shape index (κ3) is 9.11. The molecular weight excluding hydrogens is 526 g/mol. The van der Waals surface area contributed by atoms with Crippen molar-refractivity contribution in [2.75, 3.05) is 26.9 Å². The van der Waals surface area contributed by atoms with E-state index in [0.717, 1.165) is 49.2 Å². The monoisotopic (exact) mass is 571 g/mol. The Bertz CT molecular complexity index is 1090. The van der Waals surface area contributed by atoms with E-state index in [4.69, 9.17) is 0 Å². The first kappa shape index (κ1) is 31.7. The number of aryl methyl sites for hydroxylation is 1. The Morgan fingerprint density at radius 2 is 1.93 bits per heavy atom. The Morgan fingerprint density at radius 3 is 2.60 bits per heavy atom. The van der Waals surface area contributed by atoms with Gasteiger partial charge in [0.2, 0.25) is 11.8 Å². The summed E-state index contributed by atoms with van der Waals surface area (Å²) in [6, 6.07) is 9.08. The minimum atomic E-state index is -0.687. The fourth-order valence-electron chi connectivity index (χ4n) is 5.05. The normalized spacial score (nSPS) is 18.0. The van der Waals surface area contributed by atoms with Crippen molar-refractivity contribution in [1.29, 1.82) is 0 Å². The fourth-order valence-corrected chi connectivity index (χ4v) is 5.87. The van der Waals surface area contributed by atoms with Gasteiger partial charge in [-0.25, -0.2) is 4.98 Å². The predicted molar refractivity (Wildman–Crippen MR) is 158 cm³/mol. The van der Waals surface area contributed by atoms with Crippen LogP contribution in [0.4, 0.5) is 0 Å². The molecular formula is C30H45N5O4S. The van der Waals surface area contributed by atoms with Gasteiger partial charge in [0, 0.05) is 24.4 Å². The molecule has 1 aromatic carbocycles. The quantitative estimate of drug-likeness (QED) is 0.300. The molecule has 2 aromatic rings. The molecule has 0 radical (unpaired) electrons. The number of nitrogens with zero attached hydrogens (tertiary/aromatic N) is 3. The molecule has 220 valence electrons. The van der Waals surface area contributed by atoms with E-state index >= 15 is 0 Å². The highest BCUT2D eigenvalue weighted by atomic mass is 32.1. The maximum Gasteiger partial charge on any atom is 0.270 e. The second-order valence-corrected chi connectivity index (χ2v) is 11.8. The number of nitrogens with one attached hydrogen (secondary N) is 2. The number of thiazole rings is 1. The summed E-state index contributed by atoms with van der Waals surface area (Å²) in [5.74, 6) is -0.654. The largest absolute Gasteiger partial charge is 0.376 e. The number of aliphatic hydroxyl groups excluding tert-OH is 1. The van der Waals surface area contributed by atoms with E-state index in [-0.39, 0.29) is 35.7 Å². The zero-order chi connectivity index (χ0) is 29.1. The first-order valence-electron chi connectivity index (χ1n) is 14.4. The highest BCUT2D eigenvalue weighted by molar-refractivity contribution is 7.09. The van der Waals surface area contributed by atoms with Crippen LogP contribution in [-0.2, 0) is 22.4 Å². The molecule has 3 rings (SSSR count). The highest BCUT2D eigenvalue weighted by Crippen LogP contribution is 2.18. The maximum atomic E-state index is 13.4. The van der Waals surface area contributed by atoms with Crippen molar-refractivity contribution in [2.24, 2.45) is 5.92 Å². The van der Waals surface area contributed by atoms with Gasteiger partial charge in [-0.1, -0.05) is 57.0 Å². The van der Waals surface area contributed by atoms with E-state index in [1.54, 1.807) is 5.38 Å². The van der Waals surface area contributed by atoms with Gasteiger partial charge in [0.1, 0.15) is 18.5 Å². The lowest BCUT2D eigenvalue weighted by molar-refractivity contribution is -0.142. The van der Waals surface area contributed by atoms with Crippen LogP contribution >= 0.6 is 11.3 Å². The van der Waals surface area contributed by atoms with E-state index in [2.05, 4.69) is 15.6 Å². The summed E-state index contributed by atoms with van der Waals surface area (Å²) < 4.78 is 0. The van der Waals surface area contributed by atoms with E-state index in [1.165, 1.54) is 16.2 Å². The average Bonchev–Trinajstić information content (AvgIpc) is 3.43. The number of likely N-dealkylation sites (tertiary alicyclic amines) is 1. The predicted octanol–water partition coefficient (Wildman–Crippen LogP) is 3.23. The number of aromatic nitrogens is 1. The standard InChI is InChI=1S/C30H45N5O4S/c1-5-21(2)27(33-29(38)25-14-9-10-16-34(25)4)30(39)35(20-36)17-11-15-26-32-24(19-40-26)28(37)31-22(3)18-23-12-7-6-8-13-23/h6-8,12-13,19,21-22,25,27,36H,5,9-11,14-18,20H2,1-4H3,(H,31,37)(H,33,38)/t21?,22-,25-,27+/m1/s1. The molecule has 1 aliphatic heterocycles. The SMILES string of the molecule is CCC(C)[C@H](NC(=O)[C@H]1CCCCN1C)C(=O)N(CO)CCCc1nc(C(=O)N[C@H](C)Cc2ccccc2)cs1. The smallest absolute Gasteiger partial charge is 0.270 e. The molecule has 1 saturated heterocycles. The van der Waals surface area contributed by atoms with Gasteiger partial charge in [0.15, 0.2) is 0 Å². The third-order valence-corrected chi connectivity index (χ3v) is 8.61.